The number of benzene rings is 2. The number of hydrogen-bond donors (Lipinski definition) is 0. The maximum Gasteiger partial charge on any atom is 0.181 e. The Morgan fingerprint density at radius 3 is 1.83 bits per heavy atom. The van der Waals surface area contributed by atoms with Crippen molar-refractivity contribution in [3.8, 4) is 23.0 Å². The molecule has 0 bridgehead atoms. The summed E-state index contributed by atoms with van der Waals surface area (Å²) in [5.41, 5.74) is 1.29. The summed E-state index contributed by atoms with van der Waals surface area (Å²) >= 11 is 3.46. The van der Waals surface area contributed by atoms with Crippen molar-refractivity contribution in [1.82, 2.24) is 0 Å². The van der Waals surface area contributed by atoms with Crippen molar-refractivity contribution < 1.29 is 23.7 Å². The van der Waals surface area contributed by atoms with Crippen LogP contribution in [0.3, 0.4) is 0 Å². The fraction of sp³-hybridized carbons (Fsp3) is 0.278. The lowest BCUT2D eigenvalue weighted by Crippen LogP contribution is -2.08. The van der Waals surface area contributed by atoms with E-state index >= 15 is 0 Å². The lowest BCUT2D eigenvalue weighted by atomic mass is 10.0. The van der Waals surface area contributed by atoms with Gasteiger partial charge in [-0.1, -0.05) is 22.0 Å². The SMILES string of the molecule is COc1ccc(C(=O)[C@@H](Br)c2ccc(OC)c(OC)c2)cc1OC. The van der Waals surface area contributed by atoms with Crippen molar-refractivity contribution in [3.63, 3.8) is 0 Å². The number of ether oxygens (including phenoxy) is 4. The summed E-state index contributed by atoms with van der Waals surface area (Å²) in [6.45, 7) is 0. The highest BCUT2D eigenvalue weighted by molar-refractivity contribution is 9.09. The molecule has 1 atom stereocenters. The first kappa shape index (κ1) is 18.1. The lowest BCUT2D eigenvalue weighted by molar-refractivity contribution is 0.0991. The van der Waals surface area contributed by atoms with Crippen LogP contribution in [-0.2, 0) is 0 Å². The third-order valence-electron chi connectivity index (χ3n) is 3.60. The highest BCUT2D eigenvalue weighted by atomic mass is 79.9. The van der Waals surface area contributed by atoms with Gasteiger partial charge in [0.15, 0.2) is 28.8 Å². The molecule has 0 heterocycles. The monoisotopic (exact) mass is 394 g/mol. The highest BCUT2D eigenvalue weighted by Crippen LogP contribution is 2.36. The van der Waals surface area contributed by atoms with Crippen molar-refractivity contribution in [2.24, 2.45) is 0 Å². The van der Waals surface area contributed by atoms with E-state index in [4.69, 9.17) is 18.9 Å². The zero-order valence-electron chi connectivity index (χ0n) is 14.0. The first-order valence-corrected chi connectivity index (χ1v) is 8.09. The molecule has 128 valence electrons. The molecule has 0 fully saturated rings. The maximum absolute atomic E-state index is 12.8. The van der Waals surface area contributed by atoms with E-state index in [0.29, 0.717) is 28.6 Å². The molecule has 5 nitrogen and oxygen atoms in total. The quantitative estimate of drug-likeness (QED) is 0.523. The van der Waals surface area contributed by atoms with Crippen molar-refractivity contribution >= 4 is 21.7 Å². The number of rotatable bonds is 7. The van der Waals surface area contributed by atoms with Gasteiger partial charge in [0.1, 0.15) is 4.83 Å². The van der Waals surface area contributed by atoms with E-state index in [1.54, 1.807) is 51.7 Å². The molecular formula is C18H19BrO5. The molecule has 6 heteroatoms. The Hall–Kier alpha value is -2.21. The van der Waals surface area contributed by atoms with Crippen LogP contribution in [0.1, 0.15) is 20.7 Å². The second kappa shape index (κ2) is 8.06. The van der Waals surface area contributed by atoms with Gasteiger partial charge in [0.05, 0.1) is 28.4 Å². The molecule has 0 aliphatic rings. The fourth-order valence-corrected chi connectivity index (χ4v) is 2.85. The molecule has 0 saturated carbocycles. The number of ketones is 1. The van der Waals surface area contributed by atoms with Crippen molar-refractivity contribution in [1.29, 1.82) is 0 Å². The molecular weight excluding hydrogens is 376 g/mol. The van der Waals surface area contributed by atoms with Crippen LogP contribution in [0.15, 0.2) is 36.4 Å². The minimum Gasteiger partial charge on any atom is -0.493 e. The van der Waals surface area contributed by atoms with Gasteiger partial charge in [-0.05, 0) is 35.9 Å². The van der Waals surface area contributed by atoms with Crippen LogP contribution in [0, 0.1) is 0 Å². The fourth-order valence-electron chi connectivity index (χ4n) is 2.30. The number of methoxy groups -OCH3 is 4. The summed E-state index contributed by atoms with van der Waals surface area (Å²) in [5, 5.41) is 0. The summed E-state index contributed by atoms with van der Waals surface area (Å²) in [5.74, 6) is 2.17. The first-order chi connectivity index (χ1) is 11.5. The standard InChI is InChI=1S/C18H19BrO5/c1-21-13-7-5-11(9-15(13)23-3)17(19)18(20)12-6-8-14(22-2)16(10-12)24-4/h5-10,17H,1-4H3/t17-/m0/s1. The molecule has 0 aliphatic heterocycles. The maximum atomic E-state index is 12.8. The van der Waals surface area contributed by atoms with Crippen LogP contribution < -0.4 is 18.9 Å². The Labute approximate surface area is 149 Å². The van der Waals surface area contributed by atoms with Crippen LogP contribution >= 0.6 is 15.9 Å². The number of Topliss-reactive ketones (excluding diaryl/α,β-unsaturated/α-hetero) is 1. The minimum atomic E-state index is -0.518. The van der Waals surface area contributed by atoms with Crippen molar-refractivity contribution in [2.45, 2.75) is 4.83 Å². The molecule has 2 aromatic carbocycles. The third kappa shape index (κ3) is 3.64. The van der Waals surface area contributed by atoms with Crippen LogP contribution in [0.25, 0.3) is 0 Å². The van der Waals surface area contributed by atoms with Crippen molar-refractivity contribution in [3.05, 3.63) is 47.5 Å². The van der Waals surface area contributed by atoms with Gasteiger partial charge in [0, 0.05) is 5.56 Å². The molecule has 0 spiro atoms. The van der Waals surface area contributed by atoms with Gasteiger partial charge in [-0.3, -0.25) is 4.79 Å². The molecule has 0 N–H and O–H groups in total. The summed E-state index contributed by atoms with van der Waals surface area (Å²) in [6, 6.07) is 10.4. The van der Waals surface area contributed by atoms with Crippen LogP contribution in [0.5, 0.6) is 23.0 Å². The topological polar surface area (TPSA) is 54.0 Å². The largest absolute Gasteiger partial charge is 0.493 e. The Balaban J connectivity index is 2.32. The van der Waals surface area contributed by atoms with Gasteiger partial charge in [0.25, 0.3) is 0 Å². The van der Waals surface area contributed by atoms with Crippen molar-refractivity contribution in [2.75, 3.05) is 28.4 Å². The number of carbonyl (C=O) groups is 1. The van der Waals surface area contributed by atoms with E-state index in [0.717, 1.165) is 5.56 Å². The van der Waals surface area contributed by atoms with E-state index in [2.05, 4.69) is 15.9 Å². The number of carbonyl (C=O) groups excluding carboxylic acids is 1. The number of halogens is 1. The molecule has 2 rings (SSSR count). The molecule has 0 aliphatic carbocycles. The summed E-state index contributed by atoms with van der Waals surface area (Å²) in [4.78, 5) is 12.2. The number of alkyl halides is 1. The molecule has 2 aromatic rings. The molecule has 24 heavy (non-hydrogen) atoms. The normalized spacial score (nSPS) is 11.5. The minimum absolute atomic E-state index is 0.0943. The Bertz CT molecular complexity index is 729. The zero-order valence-corrected chi connectivity index (χ0v) is 15.5. The average Bonchev–Trinajstić information content (AvgIpc) is 2.65. The van der Waals surface area contributed by atoms with E-state index in [1.807, 2.05) is 6.07 Å². The van der Waals surface area contributed by atoms with Gasteiger partial charge in [0.2, 0.25) is 0 Å². The smallest absolute Gasteiger partial charge is 0.181 e. The van der Waals surface area contributed by atoms with E-state index in [-0.39, 0.29) is 5.78 Å². The molecule has 0 amide bonds. The predicted octanol–water partition coefficient (Wildman–Crippen LogP) is 4.04. The summed E-state index contributed by atoms with van der Waals surface area (Å²) in [7, 11) is 6.21. The summed E-state index contributed by atoms with van der Waals surface area (Å²) < 4.78 is 20.9. The Kier molecular flexibility index (Phi) is 6.09. The van der Waals surface area contributed by atoms with Gasteiger partial charge in [-0.15, -0.1) is 0 Å². The van der Waals surface area contributed by atoms with Gasteiger partial charge in [-0.25, -0.2) is 0 Å². The molecule has 0 saturated heterocycles. The average molecular weight is 395 g/mol. The molecule has 0 unspecified atom stereocenters. The Morgan fingerprint density at radius 1 is 0.792 bits per heavy atom. The van der Waals surface area contributed by atoms with Crippen LogP contribution in [0.4, 0.5) is 0 Å². The number of hydrogen-bond acceptors (Lipinski definition) is 5. The molecule has 0 aromatic heterocycles. The predicted molar refractivity (Wildman–Crippen MR) is 95.1 cm³/mol. The van der Waals surface area contributed by atoms with Gasteiger partial charge in [-0.2, -0.15) is 0 Å². The summed E-state index contributed by atoms with van der Waals surface area (Å²) in [6.07, 6.45) is 0. The van der Waals surface area contributed by atoms with Crippen LogP contribution in [0.2, 0.25) is 0 Å². The van der Waals surface area contributed by atoms with Gasteiger partial charge < -0.3 is 18.9 Å². The zero-order chi connectivity index (χ0) is 17.7. The van der Waals surface area contributed by atoms with Crippen LogP contribution in [-0.4, -0.2) is 34.2 Å². The van der Waals surface area contributed by atoms with E-state index in [1.165, 1.54) is 7.11 Å². The molecule has 0 radical (unpaired) electrons. The van der Waals surface area contributed by atoms with Gasteiger partial charge >= 0.3 is 0 Å². The second-order valence-electron chi connectivity index (χ2n) is 4.91. The Morgan fingerprint density at radius 2 is 1.29 bits per heavy atom. The second-order valence-corrected chi connectivity index (χ2v) is 5.83. The van der Waals surface area contributed by atoms with E-state index in [9.17, 15) is 4.79 Å². The third-order valence-corrected chi connectivity index (χ3v) is 4.54. The first-order valence-electron chi connectivity index (χ1n) is 7.18. The van der Waals surface area contributed by atoms with E-state index < -0.39 is 4.83 Å². The lowest BCUT2D eigenvalue weighted by Gasteiger charge is -2.14. The highest BCUT2D eigenvalue weighted by Gasteiger charge is 2.22.